The molecule has 0 amide bonds. The van der Waals surface area contributed by atoms with Crippen molar-refractivity contribution < 1.29 is 0 Å². The van der Waals surface area contributed by atoms with Gasteiger partial charge in [-0.15, -0.1) is 0 Å². The van der Waals surface area contributed by atoms with Crippen molar-refractivity contribution in [2.75, 3.05) is 4.90 Å². The molecule has 1 aliphatic rings. The molecule has 0 radical (unpaired) electrons. The van der Waals surface area contributed by atoms with Gasteiger partial charge in [0, 0.05) is 33.5 Å². The number of hydrogen-bond acceptors (Lipinski definition) is 1. The monoisotopic (exact) mass is 776 g/mol. The molecule has 0 fully saturated rings. The largest absolute Gasteiger partial charge is 0.310 e. The molecule has 9 aromatic rings. The van der Waals surface area contributed by atoms with Crippen molar-refractivity contribution in [3.63, 3.8) is 0 Å². The molecule has 0 saturated heterocycles. The zero-order valence-corrected chi connectivity index (χ0v) is 35.6. The van der Waals surface area contributed by atoms with E-state index in [1.807, 2.05) is 0 Å². The van der Waals surface area contributed by atoms with E-state index in [1.54, 1.807) is 0 Å². The number of aromatic nitrogens is 1. The molecule has 2 heteroatoms. The molecule has 0 spiro atoms. The molecule has 1 aliphatic carbocycles. The summed E-state index contributed by atoms with van der Waals surface area (Å²) in [7, 11) is 0. The highest BCUT2D eigenvalue weighted by Gasteiger charge is 2.37. The summed E-state index contributed by atoms with van der Waals surface area (Å²) in [6.45, 7) is 14.2. The summed E-state index contributed by atoms with van der Waals surface area (Å²) < 4.78 is 2.49. The summed E-state index contributed by atoms with van der Waals surface area (Å²) in [4.78, 5) is 2.39. The molecule has 0 bridgehead atoms. The fourth-order valence-corrected chi connectivity index (χ4v) is 9.96. The van der Waals surface area contributed by atoms with Crippen molar-refractivity contribution >= 4 is 38.9 Å². The topological polar surface area (TPSA) is 8.17 Å². The van der Waals surface area contributed by atoms with Crippen molar-refractivity contribution in [2.24, 2.45) is 0 Å². The van der Waals surface area contributed by atoms with Gasteiger partial charge in [0.25, 0.3) is 0 Å². The van der Waals surface area contributed by atoms with Crippen LogP contribution in [0.5, 0.6) is 0 Å². The van der Waals surface area contributed by atoms with Crippen LogP contribution in [0.1, 0.15) is 62.8 Å². The molecular formula is C58H52N2. The van der Waals surface area contributed by atoms with Gasteiger partial charge in [-0.05, 0) is 160 Å². The summed E-state index contributed by atoms with van der Waals surface area (Å²) in [5.41, 5.74) is 20.3. The Labute approximate surface area is 355 Å². The fourth-order valence-electron chi connectivity index (χ4n) is 9.96. The molecule has 0 atom stereocenters. The van der Waals surface area contributed by atoms with Crippen LogP contribution in [0.15, 0.2) is 182 Å². The van der Waals surface area contributed by atoms with E-state index in [2.05, 4.69) is 233 Å². The van der Waals surface area contributed by atoms with Crippen LogP contribution in [-0.4, -0.2) is 4.57 Å². The Kier molecular flexibility index (Phi) is 9.14. The van der Waals surface area contributed by atoms with Gasteiger partial charge in [0.1, 0.15) is 0 Å². The van der Waals surface area contributed by atoms with Gasteiger partial charge in [0.2, 0.25) is 0 Å². The van der Waals surface area contributed by atoms with Crippen molar-refractivity contribution in [2.45, 2.75) is 65.2 Å². The minimum atomic E-state index is 0.140. The third-order valence-corrected chi connectivity index (χ3v) is 13.3. The Morgan fingerprint density at radius 3 is 1.47 bits per heavy atom. The van der Waals surface area contributed by atoms with E-state index in [0.29, 0.717) is 0 Å². The summed E-state index contributed by atoms with van der Waals surface area (Å²) in [6, 6.07) is 67.2. The molecule has 0 unspecified atom stereocenters. The normalized spacial score (nSPS) is 14.3. The van der Waals surface area contributed by atoms with Crippen molar-refractivity contribution in [3.05, 3.63) is 204 Å². The van der Waals surface area contributed by atoms with E-state index in [9.17, 15) is 0 Å². The Morgan fingerprint density at radius 1 is 0.400 bits per heavy atom. The van der Waals surface area contributed by atoms with E-state index in [1.165, 1.54) is 96.0 Å². The molecule has 0 aliphatic heterocycles. The Balaban J connectivity index is 1.07. The first-order valence-electron chi connectivity index (χ1n) is 21.5. The lowest BCUT2D eigenvalue weighted by molar-refractivity contribution is 0.332. The minimum Gasteiger partial charge on any atom is -0.310 e. The van der Waals surface area contributed by atoms with Crippen LogP contribution in [0.3, 0.4) is 0 Å². The number of rotatable bonds is 7. The van der Waals surface area contributed by atoms with E-state index in [0.717, 1.165) is 17.1 Å². The van der Waals surface area contributed by atoms with Crippen molar-refractivity contribution in [1.29, 1.82) is 0 Å². The maximum absolute atomic E-state index is 2.49. The Bertz CT molecular complexity index is 2910. The predicted molar refractivity (Wildman–Crippen MR) is 257 cm³/mol. The summed E-state index contributed by atoms with van der Waals surface area (Å²) in [6.07, 6.45) is 2.41. The minimum absolute atomic E-state index is 0.140. The lowest BCUT2D eigenvalue weighted by atomic mass is 9.63. The highest BCUT2D eigenvalue weighted by molar-refractivity contribution is 6.10. The van der Waals surface area contributed by atoms with E-state index in [4.69, 9.17) is 0 Å². The molecule has 8 aromatic carbocycles. The number of aryl methyl sites for hydroxylation is 2. The summed E-state index contributed by atoms with van der Waals surface area (Å²) >= 11 is 0. The third-order valence-electron chi connectivity index (χ3n) is 13.3. The van der Waals surface area contributed by atoms with Crippen LogP contribution in [0, 0.1) is 13.8 Å². The quantitative estimate of drug-likeness (QED) is 0.156. The maximum Gasteiger partial charge on any atom is 0.0541 e. The fraction of sp³-hybridized carbons (Fsp3) is 0.172. The SMILES string of the molecule is Cc1cc(N(c2ccc(-c3ccccc3)cc2)c2ccc(-c3ccccc3)cc2)cc(C)c1-c1ccc2c(c1)c1ccccc1n2-c1ccc2c(c1)C(C)(C)CCC2(C)C. The first-order chi connectivity index (χ1) is 29.1. The second-order valence-electron chi connectivity index (χ2n) is 18.2. The Morgan fingerprint density at radius 2 is 0.883 bits per heavy atom. The van der Waals surface area contributed by atoms with Gasteiger partial charge in [-0.25, -0.2) is 0 Å². The smallest absolute Gasteiger partial charge is 0.0541 e. The van der Waals surface area contributed by atoms with Gasteiger partial charge < -0.3 is 9.47 Å². The number of hydrogen-bond donors (Lipinski definition) is 0. The highest BCUT2D eigenvalue weighted by atomic mass is 15.1. The van der Waals surface area contributed by atoms with E-state index >= 15 is 0 Å². The van der Waals surface area contributed by atoms with Gasteiger partial charge in [0.15, 0.2) is 0 Å². The lowest BCUT2D eigenvalue weighted by Crippen LogP contribution is -2.33. The highest BCUT2D eigenvalue weighted by Crippen LogP contribution is 2.47. The first kappa shape index (κ1) is 37.6. The standard InChI is InChI=1S/C58H52N2/c1-39-35-49(59(46-26-21-43(22-27-46)41-15-9-7-10-16-41)47-28-23-44(24-29-47)42-17-11-8-12-18-42)36-40(2)56(39)45-25-32-55-51(37-45)50-19-13-14-20-54(50)60(55)48-30-31-52-53(38-48)58(5,6)34-33-57(52,3)4/h7-32,35-38H,33-34H2,1-6H3. The summed E-state index contributed by atoms with van der Waals surface area (Å²) in [5.74, 6) is 0. The Hall–Kier alpha value is -6.64. The molecule has 0 saturated carbocycles. The molecule has 2 nitrogen and oxygen atoms in total. The van der Waals surface area contributed by atoms with E-state index < -0.39 is 0 Å². The zero-order valence-electron chi connectivity index (χ0n) is 35.6. The first-order valence-corrected chi connectivity index (χ1v) is 21.5. The summed E-state index contributed by atoms with van der Waals surface area (Å²) in [5, 5.41) is 2.56. The molecule has 1 heterocycles. The number of fused-ring (bicyclic) bond motifs is 4. The van der Waals surface area contributed by atoms with Gasteiger partial charge in [-0.1, -0.05) is 143 Å². The number of anilines is 3. The van der Waals surface area contributed by atoms with E-state index in [-0.39, 0.29) is 10.8 Å². The van der Waals surface area contributed by atoms with Gasteiger partial charge in [-0.3, -0.25) is 0 Å². The van der Waals surface area contributed by atoms with Gasteiger partial charge >= 0.3 is 0 Å². The second kappa shape index (κ2) is 14.6. The molecule has 60 heavy (non-hydrogen) atoms. The average molecular weight is 777 g/mol. The molecular weight excluding hydrogens is 725 g/mol. The van der Waals surface area contributed by atoms with Gasteiger partial charge in [0.05, 0.1) is 11.0 Å². The number of para-hydroxylation sites is 1. The van der Waals surface area contributed by atoms with Crippen molar-refractivity contribution in [3.8, 4) is 39.1 Å². The number of nitrogens with zero attached hydrogens (tertiary/aromatic N) is 2. The molecule has 294 valence electrons. The molecule has 10 rings (SSSR count). The third kappa shape index (κ3) is 6.52. The lowest BCUT2D eigenvalue weighted by Gasteiger charge is -2.42. The van der Waals surface area contributed by atoms with Crippen LogP contribution < -0.4 is 4.90 Å². The number of benzene rings is 8. The van der Waals surface area contributed by atoms with Gasteiger partial charge in [-0.2, -0.15) is 0 Å². The maximum atomic E-state index is 2.49. The molecule has 0 N–H and O–H groups in total. The van der Waals surface area contributed by atoms with Crippen LogP contribution in [0.2, 0.25) is 0 Å². The molecule has 1 aromatic heterocycles. The van der Waals surface area contributed by atoms with Crippen LogP contribution >= 0.6 is 0 Å². The van der Waals surface area contributed by atoms with Crippen LogP contribution in [0.25, 0.3) is 60.9 Å². The van der Waals surface area contributed by atoms with Crippen LogP contribution in [0.4, 0.5) is 17.1 Å². The average Bonchev–Trinajstić information content (AvgIpc) is 3.60. The zero-order chi connectivity index (χ0) is 41.2. The second-order valence-corrected chi connectivity index (χ2v) is 18.2. The van der Waals surface area contributed by atoms with Crippen LogP contribution in [-0.2, 0) is 10.8 Å². The predicted octanol–water partition coefficient (Wildman–Crippen LogP) is 16.2. The van der Waals surface area contributed by atoms with Crippen molar-refractivity contribution in [1.82, 2.24) is 4.57 Å².